The van der Waals surface area contributed by atoms with Crippen molar-refractivity contribution in [1.82, 2.24) is 4.90 Å². The number of unbranched alkanes of at least 4 members (excludes halogenated alkanes) is 2. The van der Waals surface area contributed by atoms with Gasteiger partial charge < -0.3 is 9.52 Å². The van der Waals surface area contributed by atoms with E-state index >= 15 is 0 Å². The van der Waals surface area contributed by atoms with E-state index in [1.54, 1.807) is 30.3 Å². The van der Waals surface area contributed by atoms with Gasteiger partial charge in [-0.3, -0.25) is 14.5 Å². The van der Waals surface area contributed by atoms with Crippen LogP contribution in [0.3, 0.4) is 0 Å². The standard InChI is InChI=1S/C21H17FN2O4S2/c22-16-10-13(5-6-14(16)12-23)17-8-7-15(28-17)11-18-20(27)24(21(29)30-18)9-3-1-2-4-19(25)26/h5-8,10-11H,1-4,9H2,(H,25,26). The molecular weight excluding hydrogens is 427 g/mol. The van der Waals surface area contributed by atoms with Gasteiger partial charge >= 0.3 is 5.97 Å². The molecule has 0 bridgehead atoms. The number of amides is 1. The summed E-state index contributed by atoms with van der Waals surface area (Å²) in [7, 11) is 0. The van der Waals surface area contributed by atoms with Crippen LogP contribution in [0.15, 0.2) is 39.7 Å². The maximum atomic E-state index is 13.8. The van der Waals surface area contributed by atoms with E-state index in [4.69, 9.17) is 27.0 Å². The number of benzene rings is 1. The molecule has 9 heteroatoms. The zero-order chi connectivity index (χ0) is 21.7. The van der Waals surface area contributed by atoms with Gasteiger partial charge in [0.1, 0.15) is 27.7 Å². The predicted molar refractivity (Wildman–Crippen MR) is 115 cm³/mol. The van der Waals surface area contributed by atoms with Gasteiger partial charge in [-0.05, 0) is 43.2 Å². The Balaban J connectivity index is 1.65. The number of carboxylic acids is 1. The van der Waals surface area contributed by atoms with Gasteiger partial charge in [-0.2, -0.15) is 5.26 Å². The van der Waals surface area contributed by atoms with Crippen LogP contribution in [-0.4, -0.2) is 32.7 Å². The highest BCUT2D eigenvalue weighted by Crippen LogP contribution is 2.34. The molecule has 3 rings (SSSR count). The lowest BCUT2D eigenvalue weighted by atomic mass is 10.1. The molecule has 1 N–H and O–H groups in total. The molecule has 1 amide bonds. The van der Waals surface area contributed by atoms with E-state index in [9.17, 15) is 14.0 Å². The molecule has 30 heavy (non-hydrogen) atoms. The van der Waals surface area contributed by atoms with Crippen LogP contribution in [0.1, 0.15) is 37.0 Å². The van der Waals surface area contributed by atoms with Crippen molar-refractivity contribution in [3.05, 3.63) is 52.4 Å². The van der Waals surface area contributed by atoms with Crippen molar-refractivity contribution in [1.29, 1.82) is 5.26 Å². The van der Waals surface area contributed by atoms with Crippen LogP contribution >= 0.6 is 24.0 Å². The van der Waals surface area contributed by atoms with E-state index in [0.717, 1.165) is 0 Å². The molecule has 0 atom stereocenters. The zero-order valence-electron chi connectivity index (χ0n) is 15.8. The van der Waals surface area contributed by atoms with Gasteiger partial charge in [0.05, 0.1) is 10.5 Å². The van der Waals surface area contributed by atoms with Crippen LogP contribution in [-0.2, 0) is 9.59 Å². The first-order chi connectivity index (χ1) is 14.4. The number of furan rings is 1. The molecule has 1 saturated heterocycles. The molecule has 0 spiro atoms. The highest BCUT2D eigenvalue weighted by molar-refractivity contribution is 8.26. The van der Waals surface area contributed by atoms with Gasteiger partial charge in [0.25, 0.3) is 5.91 Å². The Morgan fingerprint density at radius 3 is 2.80 bits per heavy atom. The average Bonchev–Trinajstić information content (AvgIpc) is 3.27. The Labute approximate surface area is 182 Å². The summed E-state index contributed by atoms with van der Waals surface area (Å²) in [5.74, 6) is -0.830. The van der Waals surface area contributed by atoms with E-state index in [1.807, 2.05) is 0 Å². The van der Waals surface area contributed by atoms with Gasteiger partial charge in [0, 0.05) is 24.6 Å². The van der Waals surface area contributed by atoms with Crippen molar-refractivity contribution in [2.24, 2.45) is 0 Å². The van der Waals surface area contributed by atoms with Crippen molar-refractivity contribution in [2.45, 2.75) is 25.7 Å². The van der Waals surface area contributed by atoms with Crippen LogP contribution in [0, 0.1) is 17.1 Å². The minimum absolute atomic E-state index is 0.0443. The predicted octanol–water partition coefficient (Wildman–Crippen LogP) is 4.80. The van der Waals surface area contributed by atoms with Gasteiger partial charge in [-0.25, -0.2) is 4.39 Å². The molecule has 0 radical (unpaired) electrons. The van der Waals surface area contributed by atoms with Crippen LogP contribution in [0.5, 0.6) is 0 Å². The third-order valence-electron chi connectivity index (χ3n) is 4.42. The van der Waals surface area contributed by atoms with E-state index in [-0.39, 0.29) is 17.9 Å². The van der Waals surface area contributed by atoms with Gasteiger partial charge in [0.15, 0.2) is 0 Å². The number of thiocarbonyl (C=S) groups is 1. The molecule has 1 aliphatic heterocycles. The highest BCUT2D eigenvalue weighted by atomic mass is 32.2. The van der Waals surface area contributed by atoms with E-state index < -0.39 is 11.8 Å². The van der Waals surface area contributed by atoms with Crippen molar-refractivity contribution in [3.8, 4) is 17.4 Å². The lowest BCUT2D eigenvalue weighted by Gasteiger charge is -2.13. The Hall–Kier alpha value is -2.96. The second-order valence-electron chi connectivity index (χ2n) is 6.55. The molecule has 0 saturated carbocycles. The molecule has 0 aliphatic carbocycles. The Kier molecular flexibility index (Phi) is 7.03. The third-order valence-corrected chi connectivity index (χ3v) is 5.80. The number of aliphatic carboxylic acids is 1. The van der Waals surface area contributed by atoms with Gasteiger partial charge in [0.2, 0.25) is 0 Å². The number of halogens is 1. The molecule has 1 aliphatic rings. The minimum Gasteiger partial charge on any atom is -0.481 e. The van der Waals surface area contributed by atoms with Crippen molar-refractivity contribution in [2.75, 3.05) is 6.54 Å². The fourth-order valence-corrected chi connectivity index (χ4v) is 4.18. The number of carboxylic acid groups (broad SMARTS) is 1. The number of rotatable bonds is 8. The molecule has 0 unspecified atom stereocenters. The monoisotopic (exact) mass is 444 g/mol. The van der Waals surface area contributed by atoms with E-state index in [1.165, 1.54) is 28.8 Å². The smallest absolute Gasteiger partial charge is 0.303 e. The maximum Gasteiger partial charge on any atom is 0.303 e. The molecule has 1 aromatic heterocycles. The SMILES string of the molecule is N#Cc1ccc(-c2ccc(C=C3SC(=S)N(CCCCCC(=O)O)C3=O)o2)cc1F. The summed E-state index contributed by atoms with van der Waals surface area (Å²) < 4.78 is 20.0. The molecule has 6 nitrogen and oxygen atoms in total. The number of carbonyl (C=O) groups is 2. The summed E-state index contributed by atoms with van der Waals surface area (Å²) in [6, 6.07) is 9.30. The fraction of sp³-hybridized carbons (Fsp3) is 0.238. The largest absolute Gasteiger partial charge is 0.481 e. The summed E-state index contributed by atoms with van der Waals surface area (Å²) in [4.78, 5) is 25.1. The maximum absolute atomic E-state index is 13.8. The first-order valence-electron chi connectivity index (χ1n) is 9.16. The summed E-state index contributed by atoms with van der Waals surface area (Å²) in [6.07, 6.45) is 3.63. The lowest BCUT2D eigenvalue weighted by molar-refractivity contribution is -0.137. The summed E-state index contributed by atoms with van der Waals surface area (Å²) in [6.45, 7) is 0.440. The van der Waals surface area contributed by atoms with Crippen molar-refractivity contribution in [3.63, 3.8) is 0 Å². The summed E-state index contributed by atoms with van der Waals surface area (Å²) >= 11 is 6.46. The second kappa shape index (κ2) is 9.69. The van der Waals surface area contributed by atoms with Crippen LogP contribution in [0.25, 0.3) is 17.4 Å². The molecule has 1 fully saturated rings. The van der Waals surface area contributed by atoms with Crippen LogP contribution in [0.4, 0.5) is 4.39 Å². The number of nitrogens with zero attached hydrogens (tertiary/aromatic N) is 2. The van der Waals surface area contributed by atoms with Crippen LogP contribution in [0.2, 0.25) is 0 Å². The summed E-state index contributed by atoms with van der Waals surface area (Å²) in [5, 5.41) is 17.5. The fourth-order valence-electron chi connectivity index (χ4n) is 2.89. The topological polar surface area (TPSA) is 94.5 Å². The first-order valence-corrected chi connectivity index (χ1v) is 10.4. The van der Waals surface area contributed by atoms with Crippen molar-refractivity contribution < 1.29 is 23.5 Å². The second-order valence-corrected chi connectivity index (χ2v) is 8.22. The molecular formula is C21H17FN2O4S2. The van der Waals surface area contributed by atoms with Gasteiger partial charge in [-0.1, -0.05) is 30.4 Å². The lowest BCUT2D eigenvalue weighted by Crippen LogP contribution is -2.29. The number of thioether (sulfide) groups is 1. The number of hydrogen-bond donors (Lipinski definition) is 1. The Bertz CT molecular complexity index is 1070. The molecule has 2 aromatic rings. The van der Waals surface area contributed by atoms with Crippen molar-refractivity contribution >= 4 is 46.3 Å². The average molecular weight is 445 g/mol. The Morgan fingerprint density at radius 1 is 1.30 bits per heavy atom. The van der Waals surface area contributed by atoms with Crippen LogP contribution < -0.4 is 0 Å². The quantitative estimate of drug-likeness (QED) is 0.355. The first kappa shape index (κ1) is 21.7. The van der Waals surface area contributed by atoms with Gasteiger partial charge in [-0.15, -0.1) is 0 Å². The molecule has 154 valence electrons. The highest BCUT2D eigenvalue weighted by Gasteiger charge is 2.31. The zero-order valence-corrected chi connectivity index (χ0v) is 17.4. The van der Waals surface area contributed by atoms with E-state index in [0.29, 0.717) is 52.1 Å². The number of hydrogen-bond acceptors (Lipinski definition) is 6. The minimum atomic E-state index is -0.829. The summed E-state index contributed by atoms with van der Waals surface area (Å²) in [5.41, 5.74) is 0.442. The molecule has 1 aromatic carbocycles. The molecule has 2 heterocycles. The Morgan fingerprint density at radius 2 is 2.10 bits per heavy atom. The normalized spacial score (nSPS) is 15.1. The number of carbonyl (C=O) groups excluding carboxylic acids is 1. The van der Waals surface area contributed by atoms with E-state index in [2.05, 4.69) is 0 Å². The number of nitriles is 1. The third kappa shape index (κ3) is 5.14.